The maximum atomic E-state index is 11.5. The Balaban J connectivity index is 0.00000392. The number of nitrogens with one attached hydrogen (secondary N) is 3. The Morgan fingerprint density at radius 3 is 2.61 bits per heavy atom. The van der Waals surface area contributed by atoms with E-state index in [9.17, 15) is 8.42 Å². The van der Waals surface area contributed by atoms with Crippen molar-refractivity contribution in [2.75, 3.05) is 19.8 Å². The van der Waals surface area contributed by atoms with Gasteiger partial charge in [-0.25, -0.2) is 17.8 Å². The summed E-state index contributed by atoms with van der Waals surface area (Å²) >= 11 is 0. The van der Waals surface area contributed by atoms with Crippen LogP contribution >= 0.6 is 24.0 Å². The van der Waals surface area contributed by atoms with Crippen LogP contribution in [0.2, 0.25) is 0 Å². The van der Waals surface area contributed by atoms with Crippen molar-refractivity contribution in [3.05, 3.63) is 48.3 Å². The molecule has 0 spiro atoms. The first kappa shape index (κ1) is 24.4. The third-order valence-electron chi connectivity index (χ3n) is 3.88. The van der Waals surface area contributed by atoms with Crippen LogP contribution in [0.3, 0.4) is 0 Å². The van der Waals surface area contributed by atoms with Crippen molar-refractivity contribution >= 4 is 40.0 Å². The molecule has 1 unspecified atom stereocenters. The van der Waals surface area contributed by atoms with Crippen LogP contribution < -0.4 is 15.4 Å². The molecule has 0 bridgehead atoms. The number of sulfonamides is 1. The lowest BCUT2D eigenvalue weighted by Gasteiger charge is -2.27. The predicted molar refractivity (Wildman–Crippen MR) is 124 cm³/mol. The molecule has 0 saturated carbocycles. The maximum Gasteiger partial charge on any atom is 0.209 e. The molecular formula is C18H29IN6O2S. The summed E-state index contributed by atoms with van der Waals surface area (Å²) in [5.41, 5.74) is 1.42. The highest BCUT2D eigenvalue weighted by atomic mass is 127. The van der Waals surface area contributed by atoms with Crippen molar-refractivity contribution in [3.8, 4) is 5.69 Å². The Labute approximate surface area is 184 Å². The van der Waals surface area contributed by atoms with E-state index in [0.717, 1.165) is 17.5 Å². The summed E-state index contributed by atoms with van der Waals surface area (Å²) in [5.74, 6) is 0.593. The highest BCUT2D eigenvalue weighted by molar-refractivity contribution is 14.0. The first-order valence-electron chi connectivity index (χ1n) is 8.66. The lowest BCUT2D eigenvalue weighted by atomic mass is 10.1. The van der Waals surface area contributed by atoms with Gasteiger partial charge in [-0.1, -0.05) is 12.1 Å². The van der Waals surface area contributed by atoms with E-state index in [1.54, 1.807) is 13.2 Å². The summed E-state index contributed by atoms with van der Waals surface area (Å²) in [6, 6.07) is 9.96. The minimum Gasteiger partial charge on any atom is -0.355 e. The van der Waals surface area contributed by atoms with Crippen LogP contribution in [-0.4, -0.2) is 49.5 Å². The number of rotatable bonds is 7. The van der Waals surface area contributed by atoms with Gasteiger partial charge in [0, 0.05) is 31.5 Å². The van der Waals surface area contributed by atoms with Gasteiger partial charge in [0.1, 0.15) is 0 Å². The fourth-order valence-corrected chi connectivity index (χ4v) is 3.76. The summed E-state index contributed by atoms with van der Waals surface area (Å²) in [7, 11) is -1.61. The topological polar surface area (TPSA) is 100 Å². The molecule has 0 aliphatic heterocycles. The number of hydrogen-bond donors (Lipinski definition) is 3. The fourth-order valence-electron chi connectivity index (χ4n) is 2.68. The van der Waals surface area contributed by atoms with Crippen molar-refractivity contribution in [1.82, 2.24) is 25.1 Å². The highest BCUT2D eigenvalue weighted by Gasteiger charge is 2.22. The van der Waals surface area contributed by atoms with E-state index in [1.807, 2.05) is 55.9 Å². The van der Waals surface area contributed by atoms with E-state index >= 15 is 0 Å². The van der Waals surface area contributed by atoms with Crippen LogP contribution in [0.15, 0.2) is 47.7 Å². The third kappa shape index (κ3) is 7.76. The van der Waals surface area contributed by atoms with Crippen molar-refractivity contribution in [1.29, 1.82) is 0 Å². The van der Waals surface area contributed by atoms with E-state index in [1.165, 1.54) is 0 Å². The molecular weight excluding hydrogens is 491 g/mol. The number of halogens is 1. The van der Waals surface area contributed by atoms with E-state index in [-0.39, 0.29) is 30.0 Å². The van der Waals surface area contributed by atoms with Gasteiger partial charge in [-0.05, 0) is 44.5 Å². The number of guanidine groups is 1. The summed E-state index contributed by atoms with van der Waals surface area (Å²) in [6.07, 6.45) is 4.79. The molecule has 28 heavy (non-hydrogen) atoms. The van der Waals surface area contributed by atoms with Gasteiger partial charge < -0.3 is 10.6 Å². The van der Waals surface area contributed by atoms with Gasteiger partial charge in [0.2, 0.25) is 10.0 Å². The Morgan fingerprint density at radius 2 is 2.04 bits per heavy atom. The average molecular weight is 520 g/mol. The number of benzene rings is 1. The minimum absolute atomic E-state index is 0. The normalized spacial score (nSPS) is 13.5. The molecule has 0 aliphatic carbocycles. The van der Waals surface area contributed by atoms with Crippen molar-refractivity contribution in [3.63, 3.8) is 0 Å². The fraction of sp³-hybridized carbons (Fsp3) is 0.444. The van der Waals surface area contributed by atoms with Gasteiger partial charge in [-0.15, -0.1) is 24.0 Å². The molecule has 2 rings (SSSR count). The molecule has 0 radical (unpaired) electrons. The zero-order chi connectivity index (χ0) is 20.1. The second-order valence-electron chi connectivity index (χ2n) is 7.10. The van der Waals surface area contributed by atoms with Crippen LogP contribution in [0.1, 0.15) is 32.4 Å². The smallest absolute Gasteiger partial charge is 0.209 e. The van der Waals surface area contributed by atoms with Gasteiger partial charge in [0.05, 0.1) is 18.0 Å². The third-order valence-corrected chi connectivity index (χ3v) is 4.80. The summed E-state index contributed by atoms with van der Waals surface area (Å²) in [5, 5.41) is 10.7. The standard InChI is InChI=1S/C18H28N6O2S.HI/c1-14(15-8-6-9-16(12-15)24-11-7-10-21-24)22-17(19-4)20-13-18(2,3)23-27(5,25)26;/h6-12,14,23H,13H2,1-5H3,(H2,19,20,22);1H. The molecule has 1 heterocycles. The van der Waals surface area contributed by atoms with Crippen LogP contribution in [0.4, 0.5) is 0 Å². The van der Waals surface area contributed by atoms with Gasteiger partial charge >= 0.3 is 0 Å². The quantitative estimate of drug-likeness (QED) is 0.295. The molecule has 2 aromatic rings. The van der Waals surface area contributed by atoms with Crippen LogP contribution in [0.25, 0.3) is 5.69 Å². The molecule has 156 valence electrons. The second kappa shape index (κ2) is 10.2. The molecule has 1 aromatic carbocycles. The van der Waals surface area contributed by atoms with Crippen LogP contribution in [0.5, 0.6) is 0 Å². The molecule has 0 fully saturated rings. The summed E-state index contributed by atoms with van der Waals surface area (Å²) in [4.78, 5) is 4.23. The Hall–Kier alpha value is -1.66. The van der Waals surface area contributed by atoms with Crippen LogP contribution in [-0.2, 0) is 10.0 Å². The van der Waals surface area contributed by atoms with Gasteiger partial charge in [-0.3, -0.25) is 4.99 Å². The lowest BCUT2D eigenvalue weighted by Crippen LogP contribution is -2.53. The Morgan fingerprint density at radius 1 is 1.32 bits per heavy atom. The second-order valence-corrected chi connectivity index (χ2v) is 8.84. The van der Waals surface area contributed by atoms with Gasteiger partial charge in [0.25, 0.3) is 0 Å². The Kier molecular flexibility index (Phi) is 8.89. The molecule has 1 atom stereocenters. The van der Waals surface area contributed by atoms with Crippen molar-refractivity contribution < 1.29 is 8.42 Å². The van der Waals surface area contributed by atoms with E-state index in [4.69, 9.17) is 0 Å². The number of aromatic nitrogens is 2. The molecule has 10 heteroatoms. The zero-order valence-electron chi connectivity index (χ0n) is 16.8. The van der Waals surface area contributed by atoms with Crippen LogP contribution in [0, 0.1) is 0 Å². The van der Waals surface area contributed by atoms with E-state index in [0.29, 0.717) is 12.5 Å². The molecule has 8 nitrogen and oxygen atoms in total. The average Bonchev–Trinajstić information content (AvgIpc) is 3.11. The van der Waals surface area contributed by atoms with Crippen molar-refractivity contribution in [2.24, 2.45) is 4.99 Å². The molecule has 0 saturated heterocycles. The van der Waals surface area contributed by atoms with Gasteiger partial charge in [-0.2, -0.15) is 5.10 Å². The van der Waals surface area contributed by atoms with Crippen molar-refractivity contribution in [2.45, 2.75) is 32.4 Å². The van der Waals surface area contributed by atoms with E-state index < -0.39 is 15.6 Å². The number of nitrogens with zero attached hydrogens (tertiary/aromatic N) is 3. The zero-order valence-corrected chi connectivity index (χ0v) is 19.9. The van der Waals surface area contributed by atoms with Gasteiger partial charge in [0.15, 0.2) is 5.96 Å². The SMILES string of the molecule is CN=C(NCC(C)(C)NS(C)(=O)=O)NC(C)c1cccc(-n2cccn2)c1.I. The number of hydrogen-bond acceptors (Lipinski definition) is 4. The molecule has 3 N–H and O–H groups in total. The first-order valence-corrected chi connectivity index (χ1v) is 10.5. The molecule has 0 aliphatic rings. The first-order chi connectivity index (χ1) is 12.6. The summed E-state index contributed by atoms with van der Waals surface area (Å²) in [6.45, 7) is 6.05. The Bertz CT molecular complexity index is 881. The monoisotopic (exact) mass is 520 g/mol. The minimum atomic E-state index is -3.29. The lowest BCUT2D eigenvalue weighted by molar-refractivity contribution is 0.445. The number of aliphatic imine (C=N–C) groups is 1. The summed E-state index contributed by atoms with van der Waals surface area (Å²) < 4.78 is 27.3. The highest BCUT2D eigenvalue weighted by Crippen LogP contribution is 2.16. The van der Waals surface area contributed by atoms with E-state index in [2.05, 4.69) is 31.5 Å². The molecule has 1 aromatic heterocycles. The molecule has 0 amide bonds. The predicted octanol–water partition coefficient (Wildman–Crippen LogP) is 2.04. The largest absolute Gasteiger partial charge is 0.355 e. The maximum absolute atomic E-state index is 11.5.